The molecule has 100 valence electrons. The zero-order chi connectivity index (χ0) is 12.7. The van der Waals surface area contributed by atoms with E-state index in [1.54, 1.807) is 0 Å². The standard InChI is InChI=1S/C13H19BrN2OS/c1-8-11(14)4-13(18-8)12(5-15)16-6-9-2-3-10(7-16)17-9/h4,9-10,12H,2-3,5-7,15H2,1H3. The molecule has 2 bridgehead atoms. The fraction of sp³-hybridized carbons (Fsp3) is 0.692. The second-order valence-electron chi connectivity index (χ2n) is 5.22. The molecule has 1 aromatic rings. The lowest BCUT2D eigenvalue weighted by Gasteiger charge is -2.37. The number of nitrogens with two attached hydrogens (primary N) is 1. The normalized spacial score (nSPS) is 29.7. The third-order valence-corrected chi connectivity index (χ3v) is 6.18. The molecule has 3 nitrogen and oxygen atoms in total. The Balaban J connectivity index is 1.79. The summed E-state index contributed by atoms with van der Waals surface area (Å²) in [4.78, 5) is 5.23. The van der Waals surface area contributed by atoms with Crippen LogP contribution in [0.4, 0.5) is 0 Å². The summed E-state index contributed by atoms with van der Waals surface area (Å²) in [5, 5.41) is 0. The minimum atomic E-state index is 0.354. The summed E-state index contributed by atoms with van der Waals surface area (Å²) < 4.78 is 7.10. The van der Waals surface area contributed by atoms with E-state index in [9.17, 15) is 0 Å². The van der Waals surface area contributed by atoms with E-state index in [2.05, 4.69) is 33.8 Å². The maximum atomic E-state index is 6.02. The van der Waals surface area contributed by atoms with Crippen LogP contribution in [-0.2, 0) is 4.74 Å². The summed E-state index contributed by atoms with van der Waals surface area (Å²) in [6.07, 6.45) is 3.29. The molecule has 3 atom stereocenters. The van der Waals surface area contributed by atoms with E-state index in [0.29, 0.717) is 24.8 Å². The Morgan fingerprint density at radius 1 is 1.50 bits per heavy atom. The Hall–Kier alpha value is 0.0600. The lowest BCUT2D eigenvalue weighted by molar-refractivity contribution is -0.0516. The first kappa shape index (κ1) is 13.1. The topological polar surface area (TPSA) is 38.5 Å². The monoisotopic (exact) mass is 330 g/mol. The molecule has 0 aromatic carbocycles. The maximum absolute atomic E-state index is 6.02. The number of halogens is 1. The number of aryl methyl sites for hydroxylation is 1. The second-order valence-corrected chi connectivity index (χ2v) is 7.36. The number of thiophene rings is 1. The van der Waals surface area contributed by atoms with Crippen LogP contribution < -0.4 is 5.73 Å². The van der Waals surface area contributed by atoms with Gasteiger partial charge in [0.25, 0.3) is 0 Å². The van der Waals surface area contributed by atoms with Gasteiger partial charge in [-0.3, -0.25) is 4.90 Å². The molecule has 2 aliphatic heterocycles. The van der Waals surface area contributed by atoms with Crippen molar-refractivity contribution in [2.45, 2.75) is 38.0 Å². The minimum absolute atomic E-state index is 0.354. The van der Waals surface area contributed by atoms with Gasteiger partial charge in [0.05, 0.1) is 18.2 Å². The van der Waals surface area contributed by atoms with Gasteiger partial charge in [0.1, 0.15) is 0 Å². The number of rotatable bonds is 3. The largest absolute Gasteiger partial charge is 0.372 e. The molecular weight excluding hydrogens is 312 g/mol. The average Bonchev–Trinajstić information content (AvgIpc) is 2.84. The summed E-state index contributed by atoms with van der Waals surface area (Å²) in [5.74, 6) is 0. The lowest BCUT2D eigenvalue weighted by atomic mass is 10.1. The van der Waals surface area contributed by atoms with E-state index in [4.69, 9.17) is 10.5 Å². The van der Waals surface area contributed by atoms with E-state index in [1.807, 2.05) is 11.3 Å². The molecule has 3 rings (SSSR count). The van der Waals surface area contributed by atoms with Crippen LogP contribution in [-0.4, -0.2) is 36.7 Å². The highest BCUT2D eigenvalue weighted by Gasteiger charge is 2.36. The predicted octanol–water partition coefficient (Wildman–Crippen LogP) is 2.68. The molecule has 3 heterocycles. The third-order valence-electron chi connectivity index (χ3n) is 3.94. The molecule has 2 aliphatic rings. The Bertz CT molecular complexity index is 405. The van der Waals surface area contributed by atoms with Crippen molar-refractivity contribution < 1.29 is 4.74 Å². The van der Waals surface area contributed by atoms with Crippen molar-refractivity contribution >= 4 is 27.3 Å². The number of fused-ring (bicyclic) bond motifs is 2. The average molecular weight is 331 g/mol. The van der Waals surface area contributed by atoms with Crippen LogP contribution in [0.1, 0.15) is 28.6 Å². The molecule has 18 heavy (non-hydrogen) atoms. The van der Waals surface area contributed by atoms with Gasteiger partial charge >= 0.3 is 0 Å². The van der Waals surface area contributed by atoms with Gasteiger partial charge < -0.3 is 10.5 Å². The van der Waals surface area contributed by atoms with E-state index in [1.165, 1.54) is 27.1 Å². The van der Waals surface area contributed by atoms with Gasteiger partial charge in [0.15, 0.2) is 0 Å². The quantitative estimate of drug-likeness (QED) is 0.925. The van der Waals surface area contributed by atoms with Gasteiger partial charge in [-0.05, 0) is 41.8 Å². The summed E-state index contributed by atoms with van der Waals surface area (Å²) in [7, 11) is 0. The molecule has 0 spiro atoms. The van der Waals surface area contributed by atoms with E-state index >= 15 is 0 Å². The zero-order valence-electron chi connectivity index (χ0n) is 10.6. The summed E-state index contributed by atoms with van der Waals surface area (Å²) in [6.45, 7) is 4.90. The van der Waals surface area contributed by atoms with Crippen molar-refractivity contribution in [2.75, 3.05) is 19.6 Å². The van der Waals surface area contributed by atoms with Gasteiger partial charge in [0, 0.05) is 33.9 Å². The Morgan fingerprint density at radius 2 is 2.17 bits per heavy atom. The minimum Gasteiger partial charge on any atom is -0.372 e. The Kier molecular flexibility index (Phi) is 3.78. The maximum Gasteiger partial charge on any atom is 0.0707 e. The van der Waals surface area contributed by atoms with Crippen LogP contribution in [0, 0.1) is 6.92 Å². The first-order valence-corrected chi connectivity index (χ1v) is 8.13. The summed E-state index contributed by atoms with van der Waals surface area (Å²) >= 11 is 5.45. The smallest absolute Gasteiger partial charge is 0.0707 e. The Morgan fingerprint density at radius 3 is 2.67 bits per heavy atom. The SMILES string of the molecule is Cc1sc(C(CN)N2CC3CCC(C2)O3)cc1Br. The second kappa shape index (κ2) is 5.21. The molecule has 3 unspecified atom stereocenters. The molecule has 5 heteroatoms. The number of ether oxygens (including phenoxy) is 1. The molecule has 1 aromatic heterocycles. The van der Waals surface area contributed by atoms with Crippen LogP contribution >= 0.6 is 27.3 Å². The number of hydrogen-bond acceptors (Lipinski definition) is 4. The lowest BCUT2D eigenvalue weighted by Crippen LogP contribution is -2.46. The molecule has 0 aliphatic carbocycles. The van der Waals surface area contributed by atoms with Crippen LogP contribution in [0.25, 0.3) is 0 Å². The zero-order valence-corrected chi connectivity index (χ0v) is 13.0. The highest BCUT2D eigenvalue weighted by molar-refractivity contribution is 9.10. The highest BCUT2D eigenvalue weighted by Crippen LogP contribution is 2.36. The van der Waals surface area contributed by atoms with Crippen LogP contribution in [0.15, 0.2) is 10.5 Å². The fourth-order valence-electron chi connectivity index (χ4n) is 2.99. The molecule has 0 radical (unpaired) electrons. The van der Waals surface area contributed by atoms with Crippen LogP contribution in [0.2, 0.25) is 0 Å². The van der Waals surface area contributed by atoms with Crippen molar-refractivity contribution in [3.8, 4) is 0 Å². The molecule has 2 N–H and O–H groups in total. The van der Waals surface area contributed by atoms with Gasteiger partial charge in [-0.25, -0.2) is 0 Å². The van der Waals surface area contributed by atoms with E-state index in [-0.39, 0.29) is 0 Å². The summed E-state index contributed by atoms with van der Waals surface area (Å²) in [5.41, 5.74) is 6.02. The number of nitrogens with zero attached hydrogens (tertiary/aromatic N) is 1. The first-order chi connectivity index (χ1) is 8.67. The van der Waals surface area contributed by atoms with Gasteiger partial charge in [-0.15, -0.1) is 11.3 Å². The molecule has 0 amide bonds. The third kappa shape index (κ3) is 2.39. The number of likely N-dealkylation sites (tertiary alicyclic amines) is 1. The van der Waals surface area contributed by atoms with Crippen molar-refractivity contribution in [3.63, 3.8) is 0 Å². The Labute approximate surface area is 120 Å². The van der Waals surface area contributed by atoms with Crippen molar-refractivity contribution in [3.05, 3.63) is 20.3 Å². The van der Waals surface area contributed by atoms with Crippen molar-refractivity contribution in [2.24, 2.45) is 5.73 Å². The molecular formula is C13H19BrN2OS. The molecule has 0 saturated carbocycles. The van der Waals surface area contributed by atoms with E-state index in [0.717, 1.165) is 13.1 Å². The van der Waals surface area contributed by atoms with Crippen LogP contribution in [0.5, 0.6) is 0 Å². The van der Waals surface area contributed by atoms with E-state index < -0.39 is 0 Å². The molecule has 2 fully saturated rings. The van der Waals surface area contributed by atoms with Gasteiger partial charge in [-0.2, -0.15) is 0 Å². The van der Waals surface area contributed by atoms with Crippen LogP contribution in [0.3, 0.4) is 0 Å². The number of morpholine rings is 1. The fourth-order valence-corrected chi connectivity index (χ4v) is 4.70. The first-order valence-electron chi connectivity index (χ1n) is 6.52. The summed E-state index contributed by atoms with van der Waals surface area (Å²) in [6, 6.07) is 2.58. The van der Waals surface area contributed by atoms with Gasteiger partial charge in [0.2, 0.25) is 0 Å². The number of hydrogen-bond donors (Lipinski definition) is 1. The predicted molar refractivity (Wildman–Crippen MR) is 78.0 cm³/mol. The van der Waals surface area contributed by atoms with Crippen molar-refractivity contribution in [1.29, 1.82) is 0 Å². The van der Waals surface area contributed by atoms with Crippen molar-refractivity contribution in [1.82, 2.24) is 4.90 Å². The van der Waals surface area contributed by atoms with Gasteiger partial charge in [-0.1, -0.05) is 0 Å². The highest BCUT2D eigenvalue weighted by atomic mass is 79.9. The molecule has 2 saturated heterocycles.